The van der Waals surface area contributed by atoms with E-state index in [-0.39, 0.29) is 35.5 Å². The van der Waals surface area contributed by atoms with E-state index in [1.165, 1.54) is 4.90 Å². The molecule has 4 unspecified atom stereocenters. The SMILES string of the molecule is COc1ccc(C(=C2C3C=CC2C2C(=O)N(c4cccc(I)c4)C(=O)C32)c2ccc(OC)cc2)cc1. The molecule has 5 nitrogen and oxygen atoms in total. The summed E-state index contributed by atoms with van der Waals surface area (Å²) >= 11 is 2.21. The number of benzene rings is 3. The fourth-order valence-corrected chi connectivity index (χ4v) is 6.51. The van der Waals surface area contributed by atoms with Crippen LogP contribution in [0.1, 0.15) is 11.1 Å². The molecule has 6 heteroatoms. The van der Waals surface area contributed by atoms with Gasteiger partial charge in [0, 0.05) is 15.4 Å². The number of amides is 2. The summed E-state index contributed by atoms with van der Waals surface area (Å²) in [4.78, 5) is 28.8. The van der Waals surface area contributed by atoms with Crippen molar-refractivity contribution in [1.29, 1.82) is 0 Å². The molecule has 3 aromatic rings. The Morgan fingerprint density at radius 3 is 1.69 bits per heavy atom. The molecular formula is C30H24INO4. The number of rotatable bonds is 5. The van der Waals surface area contributed by atoms with E-state index in [2.05, 4.69) is 34.7 Å². The van der Waals surface area contributed by atoms with Gasteiger partial charge in [-0.3, -0.25) is 9.59 Å². The molecule has 1 aliphatic heterocycles. The molecule has 180 valence electrons. The molecule has 1 saturated heterocycles. The molecule has 0 N–H and O–H groups in total. The average Bonchev–Trinajstić information content (AvgIpc) is 3.54. The van der Waals surface area contributed by atoms with Crippen molar-refractivity contribution in [2.75, 3.05) is 19.1 Å². The topological polar surface area (TPSA) is 55.8 Å². The number of halogens is 1. The largest absolute Gasteiger partial charge is 0.497 e. The highest BCUT2D eigenvalue weighted by molar-refractivity contribution is 14.1. The first-order chi connectivity index (χ1) is 17.5. The lowest BCUT2D eigenvalue weighted by atomic mass is 9.85. The van der Waals surface area contributed by atoms with Crippen molar-refractivity contribution >= 4 is 45.7 Å². The summed E-state index contributed by atoms with van der Waals surface area (Å²) in [7, 11) is 3.30. The Morgan fingerprint density at radius 2 is 1.25 bits per heavy atom. The lowest BCUT2D eigenvalue weighted by Gasteiger charge is -2.22. The number of methoxy groups -OCH3 is 2. The molecule has 36 heavy (non-hydrogen) atoms. The van der Waals surface area contributed by atoms with Crippen molar-refractivity contribution in [1.82, 2.24) is 0 Å². The second kappa shape index (κ2) is 8.92. The van der Waals surface area contributed by atoms with Crippen LogP contribution in [0.2, 0.25) is 0 Å². The van der Waals surface area contributed by atoms with Gasteiger partial charge in [0.1, 0.15) is 11.5 Å². The minimum absolute atomic E-state index is 0.106. The molecule has 0 radical (unpaired) electrons. The van der Waals surface area contributed by atoms with Crippen LogP contribution in [-0.2, 0) is 9.59 Å². The Morgan fingerprint density at radius 1 is 0.750 bits per heavy atom. The van der Waals surface area contributed by atoms with Crippen molar-refractivity contribution in [3.8, 4) is 11.5 Å². The molecule has 2 bridgehead atoms. The van der Waals surface area contributed by atoms with Gasteiger partial charge in [-0.15, -0.1) is 0 Å². The van der Waals surface area contributed by atoms with Gasteiger partial charge in [0.05, 0.1) is 31.7 Å². The third kappa shape index (κ3) is 3.50. The van der Waals surface area contributed by atoms with E-state index in [1.807, 2.05) is 72.8 Å². The predicted octanol–water partition coefficient (Wildman–Crippen LogP) is 5.73. The van der Waals surface area contributed by atoms with Crippen LogP contribution < -0.4 is 14.4 Å². The van der Waals surface area contributed by atoms with E-state index in [9.17, 15) is 9.59 Å². The monoisotopic (exact) mass is 589 g/mol. The number of anilines is 1. The number of imide groups is 1. The molecule has 6 rings (SSSR count). The first-order valence-corrected chi connectivity index (χ1v) is 12.9. The molecule has 0 spiro atoms. The summed E-state index contributed by atoms with van der Waals surface area (Å²) in [5.41, 5.74) is 4.93. The summed E-state index contributed by atoms with van der Waals surface area (Å²) in [5, 5.41) is 0. The van der Waals surface area contributed by atoms with Gasteiger partial charge in [-0.05, 0) is 87.3 Å². The fourth-order valence-electron chi connectivity index (χ4n) is 5.98. The van der Waals surface area contributed by atoms with Gasteiger partial charge in [0.2, 0.25) is 11.8 Å². The first kappa shape index (κ1) is 23.0. The van der Waals surface area contributed by atoms with Crippen molar-refractivity contribution < 1.29 is 19.1 Å². The van der Waals surface area contributed by atoms with E-state index in [0.29, 0.717) is 5.69 Å². The molecule has 1 heterocycles. The summed E-state index contributed by atoms with van der Waals surface area (Å²) in [6, 6.07) is 23.5. The number of hydrogen-bond donors (Lipinski definition) is 0. The summed E-state index contributed by atoms with van der Waals surface area (Å²) < 4.78 is 11.7. The van der Waals surface area contributed by atoms with Crippen LogP contribution in [-0.4, -0.2) is 26.0 Å². The number of nitrogens with zero attached hydrogens (tertiary/aromatic N) is 1. The van der Waals surface area contributed by atoms with Crippen LogP contribution in [0.15, 0.2) is 90.5 Å². The van der Waals surface area contributed by atoms with Gasteiger partial charge in [0.15, 0.2) is 0 Å². The van der Waals surface area contributed by atoms with Gasteiger partial charge in [-0.1, -0.05) is 42.5 Å². The molecule has 3 aromatic carbocycles. The van der Waals surface area contributed by atoms with E-state index in [0.717, 1.165) is 37.3 Å². The van der Waals surface area contributed by atoms with Crippen molar-refractivity contribution in [2.24, 2.45) is 23.7 Å². The minimum atomic E-state index is -0.383. The highest BCUT2D eigenvalue weighted by atomic mass is 127. The number of carbonyl (C=O) groups is 2. The lowest BCUT2D eigenvalue weighted by molar-refractivity contribution is -0.122. The summed E-state index contributed by atoms with van der Waals surface area (Å²) in [6.45, 7) is 0. The van der Waals surface area contributed by atoms with Crippen molar-refractivity contribution in [3.05, 3.63) is 105 Å². The minimum Gasteiger partial charge on any atom is -0.497 e. The average molecular weight is 589 g/mol. The van der Waals surface area contributed by atoms with Crippen LogP contribution >= 0.6 is 22.6 Å². The molecule has 0 aromatic heterocycles. The molecule has 1 saturated carbocycles. The molecular weight excluding hydrogens is 565 g/mol. The number of fused-ring (bicyclic) bond motifs is 5. The van der Waals surface area contributed by atoms with E-state index < -0.39 is 0 Å². The van der Waals surface area contributed by atoms with Gasteiger partial charge in [-0.25, -0.2) is 4.90 Å². The first-order valence-electron chi connectivity index (χ1n) is 11.9. The Balaban J connectivity index is 1.48. The lowest BCUT2D eigenvalue weighted by Crippen LogP contribution is -2.33. The maximum Gasteiger partial charge on any atom is 0.238 e. The van der Waals surface area contributed by atoms with Crippen molar-refractivity contribution in [3.63, 3.8) is 0 Å². The van der Waals surface area contributed by atoms with Crippen LogP contribution in [0.25, 0.3) is 5.57 Å². The normalized spacial score (nSPS) is 23.9. The van der Waals surface area contributed by atoms with Gasteiger partial charge >= 0.3 is 0 Å². The van der Waals surface area contributed by atoms with Crippen LogP contribution in [0.4, 0.5) is 5.69 Å². The van der Waals surface area contributed by atoms with Gasteiger partial charge < -0.3 is 9.47 Å². The number of carbonyl (C=O) groups excluding carboxylic acids is 2. The van der Waals surface area contributed by atoms with Crippen LogP contribution in [0.5, 0.6) is 11.5 Å². The van der Waals surface area contributed by atoms with E-state index >= 15 is 0 Å². The summed E-state index contributed by atoms with van der Waals surface area (Å²) in [5.74, 6) is 0.336. The third-order valence-corrected chi connectivity index (χ3v) is 8.20. The zero-order valence-corrected chi connectivity index (χ0v) is 22.0. The van der Waals surface area contributed by atoms with E-state index in [1.54, 1.807) is 14.2 Å². The zero-order chi connectivity index (χ0) is 25.0. The third-order valence-electron chi connectivity index (χ3n) is 7.53. The standard InChI is InChI=1S/C30H24INO4/c1-35-21-10-6-17(7-11-21)25(18-8-12-22(36-2)13-9-18)26-23-14-15-24(26)28-27(23)29(33)32(30(28)34)20-5-3-4-19(31)16-20/h3-16,23-24,27-28H,1-2H3. The maximum atomic E-state index is 13.7. The highest BCUT2D eigenvalue weighted by Crippen LogP contribution is 2.59. The zero-order valence-electron chi connectivity index (χ0n) is 19.9. The smallest absolute Gasteiger partial charge is 0.238 e. The number of allylic oxidation sites excluding steroid dienone is 3. The van der Waals surface area contributed by atoms with Gasteiger partial charge in [0.25, 0.3) is 0 Å². The van der Waals surface area contributed by atoms with Crippen LogP contribution in [0, 0.1) is 27.2 Å². The molecule has 3 aliphatic rings. The molecule has 2 fully saturated rings. The second-order valence-electron chi connectivity index (χ2n) is 9.27. The summed E-state index contributed by atoms with van der Waals surface area (Å²) in [6.07, 6.45) is 4.25. The molecule has 4 atom stereocenters. The Labute approximate surface area is 223 Å². The molecule has 2 amide bonds. The molecule has 2 aliphatic carbocycles. The highest BCUT2D eigenvalue weighted by Gasteiger charge is 2.62. The predicted molar refractivity (Wildman–Crippen MR) is 147 cm³/mol. The quantitative estimate of drug-likeness (QED) is 0.217. The van der Waals surface area contributed by atoms with Crippen molar-refractivity contribution in [2.45, 2.75) is 0 Å². The number of ether oxygens (including phenoxy) is 2. The second-order valence-corrected chi connectivity index (χ2v) is 10.5. The Bertz CT molecular complexity index is 1340. The van der Waals surface area contributed by atoms with Crippen LogP contribution in [0.3, 0.4) is 0 Å². The number of hydrogen-bond acceptors (Lipinski definition) is 4. The Kier molecular flexibility index (Phi) is 5.71. The van der Waals surface area contributed by atoms with E-state index in [4.69, 9.17) is 9.47 Å². The maximum absolute atomic E-state index is 13.7. The van der Waals surface area contributed by atoms with Gasteiger partial charge in [-0.2, -0.15) is 0 Å². The fraction of sp³-hybridized carbons (Fsp3) is 0.200. The Hall–Kier alpha value is -3.39.